The molecule has 1 aliphatic heterocycles. The van der Waals surface area contributed by atoms with Gasteiger partial charge in [0.1, 0.15) is 0 Å². The molecule has 218 valence electrons. The molecule has 2 heterocycles. The topological polar surface area (TPSA) is 48.5 Å². The minimum Gasteiger partial charge on any atom is -0.345 e. The van der Waals surface area contributed by atoms with Crippen LogP contribution in [0.4, 0.5) is 0 Å². The Morgan fingerprint density at radius 1 is 0.833 bits per heavy atom. The van der Waals surface area contributed by atoms with Crippen LogP contribution >= 0.6 is 0 Å². The van der Waals surface area contributed by atoms with E-state index < -0.39 is 0 Å². The molecule has 1 aliphatic carbocycles. The lowest BCUT2D eigenvalue weighted by molar-refractivity contribution is 0.0928. The van der Waals surface area contributed by atoms with Crippen molar-refractivity contribution in [3.8, 4) is 11.3 Å². The van der Waals surface area contributed by atoms with Crippen LogP contribution in [0, 0.1) is 5.92 Å². The summed E-state index contributed by atoms with van der Waals surface area (Å²) in [7, 11) is 0. The van der Waals surface area contributed by atoms with Gasteiger partial charge in [-0.05, 0) is 36.8 Å². The summed E-state index contributed by atoms with van der Waals surface area (Å²) in [5, 5.41) is 4.33. The second-order valence-corrected chi connectivity index (χ2v) is 12.1. The number of fused-ring (bicyclic) bond motifs is 1. The second-order valence-electron chi connectivity index (χ2n) is 12.1. The van der Waals surface area contributed by atoms with Crippen molar-refractivity contribution < 1.29 is 4.79 Å². The second kappa shape index (κ2) is 13.6. The molecule has 0 bridgehead atoms. The van der Waals surface area contributed by atoms with Crippen LogP contribution < -0.4 is 5.32 Å². The van der Waals surface area contributed by atoms with Crippen molar-refractivity contribution in [1.82, 2.24) is 20.1 Å². The number of carbonyl (C=O) groups excluding carboxylic acids is 1. The molecule has 1 atom stereocenters. The minimum absolute atomic E-state index is 0.0209. The Bertz CT molecular complexity index is 1460. The van der Waals surface area contributed by atoms with Gasteiger partial charge in [-0.15, -0.1) is 0 Å². The number of aromatic nitrogens is 1. The number of para-hydroxylation sites is 1. The Morgan fingerprint density at radius 2 is 1.48 bits per heavy atom. The van der Waals surface area contributed by atoms with Crippen LogP contribution in [0.1, 0.15) is 73.0 Å². The van der Waals surface area contributed by atoms with E-state index in [1.807, 2.05) is 42.5 Å². The number of rotatable bonds is 9. The molecule has 1 N–H and O–H groups in total. The number of pyridine rings is 1. The van der Waals surface area contributed by atoms with Crippen LogP contribution in [0.15, 0.2) is 84.9 Å². The zero-order valence-corrected chi connectivity index (χ0v) is 25.0. The van der Waals surface area contributed by atoms with Crippen LogP contribution in [-0.2, 0) is 6.54 Å². The SMILES string of the molecule is CC[C@H](NC(=O)c1c(CN2CCN(CC3CCCCC3)CC2)c(-c2ccccc2)nc2ccccc12)c1ccccc1. The fraction of sp³-hybridized carbons (Fsp3) is 0.405. The number of nitrogens with zero attached hydrogens (tertiary/aromatic N) is 3. The van der Waals surface area contributed by atoms with Crippen LogP contribution in [-0.4, -0.2) is 53.4 Å². The predicted molar refractivity (Wildman–Crippen MR) is 172 cm³/mol. The largest absolute Gasteiger partial charge is 0.345 e. The quantitative estimate of drug-likeness (QED) is 0.231. The summed E-state index contributed by atoms with van der Waals surface area (Å²) in [5.41, 5.74) is 5.75. The van der Waals surface area contributed by atoms with Crippen molar-refractivity contribution >= 4 is 16.8 Å². The highest BCUT2D eigenvalue weighted by molar-refractivity contribution is 6.09. The van der Waals surface area contributed by atoms with Gasteiger partial charge >= 0.3 is 0 Å². The van der Waals surface area contributed by atoms with E-state index in [0.717, 1.165) is 77.4 Å². The van der Waals surface area contributed by atoms with E-state index in [1.54, 1.807) is 0 Å². The lowest BCUT2D eigenvalue weighted by Gasteiger charge is -2.37. The highest BCUT2D eigenvalue weighted by Crippen LogP contribution is 2.33. The van der Waals surface area contributed by atoms with Gasteiger partial charge in [-0.3, -0.25) is 9.69 Å². The number of hydrogen-bond acceptors (Lipinski definition) is 4. The summed E-state index contributed by atoms with van der Waals surface area (Å²) in [6.07, 6.45) is 7.82. The summed E-state index contributed by atoms with van der Waals surface area (Å²) < 4.78 is 0. The van der Waals surface area contributed by atoms with Crippen molar-refractivity contribution in [1.29, 1.82) is 0 Å². The van der Waals surface area contributed by atoms with Crippen molar-refractivity contribution in [3.05, 3.63) is 102 Å². The number of piperazine rings is 1. The molecular formula is C37H44N4O. The first-order valence-corrected chi connectivity index (χ1v) is 16.0. The average Bonchev–Trinajstić information content (AvgIpc) is 3.05. The van der Waals surface area contributed by atoms with Crippen LogP contribution in [0.2, 0.25) is 0 Å². The number of nitrogens with one attached hydrogen (secondary N) is 1. The number of hydrogen-bond donors (Lipinski definition) is 1. The average molecular weight is 561 g/mol. The molecule has 1 amide bonds. The maximum absolute atomic E-state index is 14.4. The molecule has 0 unspecified atom stereocenters. The van der Waals surface area contributed by atoms with Gasteiger partial charge in [0, 0.05) is 55.8 Å². The van der Waals surface area contributed by atoms with E-state index in [9.17, 15) is 4.79 Å². The first kappa shape index (κ1) is 28.6. The fourth-order valence-corrected chi connectivity index (χ4v) is 6.92. The minimum atomic E-state index is -0.0537. The Balaban J connectivity index is 1.33. The van der Waals surface area contributed by atoms with Gasteiger partial charge in [-0.1, -0.05) is 105 Å². The van der Waals surface area contributed by atoms with Gasteiger partial charge in [0.25, 0.3) is 5.91 Å². The molecule has 1 saturated carbocycles. The monoisotopic (exact) mass is 560 g/mol. The first-order chi connectivity index (χ1) is 20.7. The van der Waals surface area contributed by atoms with Gasteiger partial charge in [-0.25, -0.2) is 4.98 Å². The maximum atomic E-state index is 14.4. The van der Waals surface area contributed by atoms with Crippen molar-refractivity contribution in [3.63, 3.8) is 0 Å². The number of carbonyl (C=O) groups is 1. The van der Waals surface area contributed by atoms with E-state index in [0.29, 0.717) is 6.54 Å². The molecule has 2 fully saturated rings. The molecule has 5 heteroatoms. The fourth-order valence-electron chi connectivity index (χ4n) is 6.92. The van der Waals surface area contributed by atoms with E-state index in [2.05, 4.69) is 64.5 Å². The van der Waals surface area contributed by atoms with E-state index >= 15 is 0 Å². The van der Waals surface area contributed by atoms with E-state index in [-0.39, 0.29) is 11.9 Å². The van der Waals surface area contributed by atoms with Gasteiger partial charge < -0.3 is 10.2 Å². The van der Waals surface area contributed by atoms with Crippen LogP contribution in [0.5, 0.6) is 0 Å². The molecule has 0 spiro atoms. The summed E-state index contributed by atoms with van der Waals surface area (Å²) in [5.74, 6) is 0.846. The number of amides is 1. The summed E-state index contributed by atoms with van der Waals surface area (Å²) in [6, 6.07) is 28.7. The van der Waals surface area contributed by atoms with Crippen LogP contribution in [0.3, 0.4) is 0 Å². The zero-order valence-electron chi connectivity index (χ0n) is 25.0. The summed E-state index contributed by atoms with van der Waals surface area (Å²) >= 11 is 0. The Hall–Kier alpha value is -3.54. The molecular weight excluding hydrogens is 516 g/mol. The molecule has 5 nitrogen and oxygen atoms in total. The third-order valence-corrected chi connectivity index (χ3v) is 9.27. The lowest BCUT2D eigenvalue weighted by atomic mass is 9.89. The molecule has 1 saturated heterocycles. The van der Waals surface area contributed by atoms with E-state index in [4.69, 9.17) is 4.98 Å². The third kappa shape index (κ3) is 6.58. The smallest absolute Gasteiger partial charge is 0.252 e. The normalized spacial score (nSPS) is 17.7. The van der Waals surface area contributed by atoms with Gasteiger partial charge in [0.05, 0.1) is 22.8 Å². The lowest BCUT2D eigenvalue weighted by Crippen LogP contribution is -2.47. The molecule has 0 radical (unpaired) electrons. The summed E-state index contributed by atoms with van der Waals surface area (Å²) in [6.45, 7) is 8.28. The van der Waals surface area contributed by atoms with Crippen molar-refractivity contribution in [2.45, 2.75) is 58.0 Å². The Kier molecular flexibility index (Phi) is 9.27. The van der Waals surface area contributed by atoms with Crippen molar-refractivity contribution in [2.24, 2.45) is 5.92 Å². The summed E-state index contributed by atoms with van der Waals surface area (Å²) in [4.78, 5) is 24.7. The van der Waals surface area contributed by atoms with Gasteiger partial charge in [0.2, 0.25) is 0 Å². The highest BCUT2D eigenvalue weighted by Gasteiger charge is 2.27. The standard InChI is InChI=1S/C37H44N4O/c1-2-33(29-16-8-4-9-17-29)39-37(42)35-31-20-12-13-21-34(31)38-36(30-18-10-5-11-19-30)32(35)27-41-24-22-40(23-25-41)26-28-14-6-3-7-15-28/h4-5,8-13,16-21,28,33H,2-3,6-7,14-15,22-27H2,1H3,(H,39,42)/t33-/m0/s1. The molecule has 4 aromatic rings. The third-order valence-electron chi connectivity index (χ3n) is 9.27. The van der Waals surface area contributed by atoms with Crippen molar-refractivity contribution in [2.75, 3.05) is 32.7 Å². The number of benzene rings is 3. The molecule has 3 aromatic carbocycles. The zero-order chi connectivity index (χ0) is 28.7. The van der Waals surface area contributed by atoms with Gasteiger partial charge in [-0.2, -0.15) is 0 Å². The molecule has 1 aromatic heterocycles. The Labute approximate surface area is 251 Å². The van der Waals surface area contributed by atoms with Crippen LogP contribution in [0.25, 0.3) is 22.2 Å². The predicted octanol–water partition coefficient (Wildman–Crippen LogP) is 7.48. The van der Waals surface area contributed by atoms with E-state index in [1.165, 1.54) is 38.6 Å². The first-order valence-electron chi connectivity index (χ1n) is 16.0. The Morgan fingerprint density at radius 3 is 2.19 bits per heavy atom. The maximum Gasteiger partial charge on any atom is 0.252 e. The molecule has 42 heavy (non-hydrogen) atoms. The molecule has 6 rings (SSSR count). The molecule has 2 aliphatic rings. The highest BCUT2D eigenvalue weighted by atomic mass is 16.1. The van der Waals surface area contributed by atoms with Gasteiger partial charge in [0.15, 0.2) is 0 Å².